The number of benzene rings is 1. The highest BCUT2D eigenvalue weighted by atomic mass is 16.6. The minimum Gasteiger partial charge on any atom is -0.481 e. The van der Waals surface area contributed by atoms with Crippen LogP contribution in [0.2, 0.25) is 0 Å². The molecule has 0 saturated heterocycles. The first-order valence-corrected chi connectivity index (χ1v) is 7.26. The van der Waals surface area contributed by atoms with Gasteiger partial charge in [-0.2, -0.15) is 5.10 Å². The lowest BCUT2D eigenvalue weighted by molar-refractivity contribution is -0.385. The Labute approximate surface area is 136 Å². The summed E-state index contributed by atoms with van der Waals surface area (Å²) in [5.41, 5.74) is 1.08. The molecule has 1 aliphatic heterocycles. The molecule has 1 aliphatic rings. The zero-order valence-corrected chi connectivity index (χ0v) is 12.5. The predicted octanol–water partition coefficient (Wildman–Crippen LogP) is 1.40. The Morgan fingerprint density at radius 1 is 1.38 bits per heavy atom. The molecule has 24 heavy (non-hydrogen) atoms. The van der Waals surface area contributed by atoms with E-state index in [4.69, 9.17) is 0 Å². The van der Waals surface area contributed by atoms with Crippen LogP contribution in [0.5, 0.6) is 0 Å². The number of nitrogens with zero attached hydrogens (tertiary/aromatic N) is 4. The molecule has 1 aromatic carbocycles. The first-order chi connectivity index (χ1) is 11.5. The van der Waals surface area contributed by atoms with Gasteiger partial charge in [0, 0.05) is 25.2 Å². The highest BCUT2D eigenvalue weighted by Crippen LogP contribution is 2.36. The second-order valence-corrected chi connectivity index (χ2v) is 5.42. The molecule has 124 valence electrons. The molecule has 0 bridgehead atoms. The number of rotatable bonds is 5. The van der Waals surface area contributed by atoms with Gasteiger partial charge in [-0.25, -0.2) is 0 Å². The smallest absolute Gasteiger partial charge is 0.312 e. The molecule has 3 rings (SSSR count). The average Bonchev–Trinajstić information content (AvgIpc) is 3.17. The molecule has 0 spiro atoms. The maximum Gasteiger partial charge on any atom is 0.312 e. The molecular weight excluding hydrogens is 316 g/mol. The van der Waals surface area contributed by atoms with Crippen LogP contribution in [-0.4, -0.2) is 38.2 Å². The summed E-state index contributed by atoms with van der Waals surface area (Å²) in [5, 5.41) is 23.8. The molecule has 1 atom stereocenters. The quantitative estimate of drug-likeness (QED) is 0.654. The number of aromatic nitrogens is 2. The van der Waals surface area contributed by atoms with Gasteiger partial charge in [-0.05, 0) is 11.6 Å². The van der Waals surface area contributed by atoms with Gasteiger partial charge in [0.25, 0.3) is 0 Å². The number of carbonyl (C=O) groups excluding carboxylic acids is 1. The predicted molar refractivity (Wildman–Crippen MR) is 82.7 cm³/mol. The van der Waals surface area contributed by atoms with Crippen molar-refractivity contribution in [3.63, 3.8) is 0 Å². The maximum absolute atomic E-state index is 12.4. The highest BCUT2D eigenvalue weighted by molar-refractivity contribution is 5.98. The second-order valence-electron chi connectivity index (χ2n) is 5.42. The Morgan fingerprint density at radius 2 is 2.12 bits per heavy atom. The average molecular weight is 330 g/mol. The van der Waals surface area contributed by atoms with E-state index in [9.17, 15) is 24.8 Å². The molecule has 0 aliphatic carbocycles. The van der Waals surface area contributed by atoms with Crippen molar-refractivity contribution in [2.75, 3.05) is 11.4 Å². The summed E-state index contributed by atoms with van der Waals surface area (Å²) in [5.74, 6) is -1.96. The van der Waals surface area contributed by atoms with E-state index in [-0.39, 0.29) is 31.1 Å². The van der Waals surface area contributed by atoms with Crippen molar-refractivity contribution in [3.05, 3.63) is 52.3 Å². The fourth-order valence-corrected chi connectivity index (χ4v) is 2.77. The van der Waals surface area contributed by atoms with Crippen LogP contribution in [0.1, 0.15) is 17.9 Å². The molecule has 0 radical (unpaired) electrons. The Morgan fingerprint density at radius 3 is 2.79 bits per heavy atom. The number of fused-ring (bicyclic) bond motifs is 1. The Balaban J connectivity index is 1.71. The van der Waals surface area contributed by atoms with Crippen molar-refractivity contribution < 1.29 is 19.6 Å². The zero-order chi connectivity index (χ0) is 17.3. The minimum atomic E-state index is -0.972. The van der Waals surface area contributed by atoms with Crippen LogP contribution < -0.4 is 4.90 Å². The number of hydrogen-bond acceptors (Lipinski definition) is 5. The van der Waals surface area contributed by atoms with Crippen LogP contribution in [0.4, 0.5) is 11.4 Å². The van der Waals surface area contributed by atoms with E-state index in [0.29, 0.717) is 11.3 Å². The number of aliphatic carboxylic acids is 1. The largest absolute Gasteiger partial charge is 0.481 e. The van der Waals surface area contributed by atoms with Crippen molar-refractivity contribution in [3.8, 4) is 0 Å². The van der Waals surface area contributed by atoms with Crippen molar-refractivity contribution in [2.45, 2.75) is 18.9 Å². The number of carboxylic acids is 1. The maximum atomic E-state index is 12.4. The standard InChI is InChI=1S/C15H14N4O5/c20-14(5-6-17-8-10(7-16-17)19(23)24)18-9-12(15(21)22)11-3-1-2-4-13(11)18/h1-4,7-8,12H,5-6,9H2,(H,21,22). The summed E-state index contributed by atoms with van der Waals surface area (Å²) in [4.78, 5) is 35.3. The van der Waals surface area contributed by atoms with Crippen molar-refractivity contribution in [1.82, 2.24) is 9.78 Å². The monoisotopic (exact) mass is 330 g/mol. The van der Waals surface area contributed by atoms with Crippen molar-refractivity contribution >= 4 is 23.3 Å². The van der Waals surface area contributed by atoms with E-state index in [1.54, 1.807) is 24.3 Å². The minimum absolute atomic E-state index is 0.0690. The van der Waals surface area contributed by atoms with Gasteiger partial charge in [0.15, 0.2) is 0 Å². The first-order valence-electron chi connectivity index (χ1n) is 7.26. The van der Waals surface area contributed by atoms with E-state index < -0.39 is 16.8 Å². The number of carbonyl (C=O) groups is 2. The number of para-hydroxylation sites is 1. The molecule has 2 heterocycles. The van der Waals surface area contributed by atoms with Crippen LogP contribution in [-0.2, 0) is 16.1 Å². The highest BCUT2D eigenvalue weighted by Gasteiger charge is 2.35. The van der Waals surface area contributed by atoms with Gasteiger partial charge in [0.1, 0.15) is 18.3 Å². The zero-order valence-electron chi connectivity index (χ0n) is 12.5. The van der Waals surface area contributed by atoms with Crippen molar-refractivity contribution in [2.24, 2.45) is 0 Å². The van der Waals surface area contributed by atoms with Crippen LogP contribution >= 0.6 is 0 Å². The third-order valence-corrected chi connectivity index (χ3v) is 3.95. The lowest BCUT2D eigenvalue weighted by atomic mass is 10.0. The Hall–Kier alpha value is -3.23. The first kappa shape index (κ1) is 15.7. The van der Waals surface area contributed by atoms with E-state index >= 15 is 0 Å². The Bertz CT molecular complexity index is 816. The van der Waals surface area contributed by atoms with E-state index in [0.717, 1.165) is 6.20 Å². The van der Waals surface area contributed by atoms with Crippen molar-refractivity contribution in [1.29, 1.82) is 0 Å². The summed E-state index contributed by atoms with van der Waals surface area (Å²) >= 11 is 0. The molecule has 9 heteroatoms. The van der Waals surface area contributed by atoms with Gasteiger partial charge in [-0.15, -0.1) is 0 Å². The third kappa shape index (κ3) is 2.83. The van der Waals surface area contributed by atoms with Crippen LogP contribution in [0, 0.1) is 10.1 Å². The summed E-state index contributed by atoms with van der Waals surface area (Å²) in [6.07, 6.45) is 2.45. The fraction of sp³-hybridized carbons (Fsp3) is 0.267. The summed E-state index contributed by atoms with van der Waals surface area (Å²) in [6, 6.07) is 6.92. The normalized spacial score (nSPS) is 16.0. The number of hydrogen-bond donors (Lipinski definition) is 1. The summed E-state index contributed by atoms with van der Waals surface area (Å²) < 4.78 is 1.33. The van der Waals surface area contributed by atoms with E-state index in [1.807, 2.05) is 0 Å². The van der Waals surface area contributed by atoms with Gasteiger partial charge in [-0.1, -0.05) is 18.2 Å². The molecule has 9 nitrogen and oxygen atoms in total. The fourth-order valence-electron chi connectivity index (χ4n) is 2.77. The van der Waals surface area contributed by atoms with Gasteiger partial charge < -0.3 is 10.0 Å². The second kappa shape index (κ2) is 6.11. The number of aryl methyl sites for hydroxylation is 1. The molecule has 0 saturated carbocycles. The molecule has 2 aromatic rings. The third-order valence-electron chi connectivity index (χ3n) is 3.95. The number of carboxylic acid groups (broad SMARTS) is 1. The van der Waals surface area contributed by atoms with Gasteiger partial charge in [-0.3, -0.25) is 24.4 Å². The lowest BCUT2D eigenvalue weighted by Crippen LogP contribution is -2.31. The van der Waals surface area contributed by atoms with Gasteiger partial charge >= 0.3 is 11.7 Å². The number of amides is 1. The molecule has 1 aromatic heterocycles. The molecule has 1 N–H and O–H groups in total. The van der Waals surface area contributed by atoms with Gasteiger partial charge in [0.05, 0.1) is 4.92 Å². The SMILES string of the molecule is O=C(O)C1CN(C(=O)CCn2cc([N+](=O)[O-])cn2)c2ccccc21. The van der Waals surface area contributed by atoms with E-state index in [1.165, 1.54) is 15.8 Å². The molecule has 0 fully saturated rings. The van der Waals surface area contributed by atoms with Crippen LogP contribution in [0.3, 0.4) is 0 Å². The number of nitro groups is 1. The summed E-state index contributed by atoms with van der Waals surface area (Å²) in [7, 11) is 0. The topological polar surface area (TPSA) is 119 Å². The summed E-state index contributed by atoms with van der Waals surface area (Å²) in [6.45, 7) is 0.274. The Kier molecular flexibility index (Phi) is 3.98. The lowest BCUT2D eigenvalue weighted by Gasteiger charge is -2.17. The van der Waals surface area contributed by atoms with Gasteiger partial charge in [0.2, 0.25) is 5.91 Å². The van der Waals surface area contributed by atoms with E-state index in [2.05, 4.69) is 5.10 Å². The molecule has 1 unspecified atom stereocenters. The molecule has 1 amide bonds. The molecular formula is C15H14N4O5. The van der Waals surface area contributed by atoms with Crippen LogP contribution in [0.15, 0.2) is 36.7 Å². The number of anilines is 1. The van der Waals surface area contributed by atoms with Crippen LogP contribution in [0.25, 0.3) is 0 Å².